The molecule has 1 amide bonds. The molecule has 0 saturated heterocycles. The molecular formula is C13H13ClN2O3. The normalized spacial score (nSPS) is 10.4. The summed E-state index contributed by atoms with van der Waals surface area (Å²) in [5.41, 5.74) is 1.88. The van der Waals surface area contributed by atoms with Crippen molar-refractivity contribution >= 4 is 23.2 Å². The van der Waals surface area contributed by atoms with Gasteiger partial charge in [-0.25, -0.2) is 0 Å². The number of amides is 1. The number of alkyl halides is 1. The molecule has 2 aromatic rings. The Morgan fingerprint density at radius 2 is 2.16 bits per heavy atom. The number of ether oxygens (including phenoxy) is 1. The first kappa shape index (κ1) is 13.6. The number of aromatic nitrogens is 1. The zero-order valence-electron chi connectivity index (χ0n) is 10.4. The molecule has 1 N–H and O–H groups in total. The molecule has 0 radical (unpaired) electrons. The summed E-state index contributed by atoms with van der Waals surface area (Å²) in [6, 6.07) is 8.81. The van der Waals surface area contributed by atoms with Gasteiger partial charge in [0.25, 0.3) is 5.91 Å². The Hall–Kier alpha value is -1.85. The van der Waals surface area contributed by atoms with Gasteiger partial charge in [-0.05, 0) is 17.7 Å². The Bertz CT molecular complexity index is 551. The molecule has 0 aliphatic heterocycles. The van der Waals surface area contributed by atoms with Crippen LogP contribution in [0.1, 0.15) is 21.8 Å². The first-order valence-corrected chi connectivity index (χ1v) is 6.17. The molecule has 0 saturated carbocycles. The van der Waals surface area contributed by atoms with Gasteiger partial charge in [-0.1, -0.05) is 17.3 Å². The Morgan fingerprint density at radius 1 is 1.42 bits per heavy atom. The van der Waals surface area contributed by atoms with Gasteiger partial charge in [-0.3, -0.25) is 4.79 Å². The molecule has 0 fully saturated rings. The van der Waals surface area contributed by atoms with E-state index in [4.69, 9.17) is 20.9 Å². The van der Waals surface area contributed by atoms with Gasteiger partial charge in [0.05, 0.1) is 0 Å². The fourth-order valence-electron chi connectivity index (χ4n) is 1.50. The standard InChI is InChI=1S/C13H13ClN2O3/c1-18-8-11-6-12(16-19-11)13(17)15-10-4-2-9(7-14)3-5-10/h2-6H,7-8H2,1H3,(H,15,17). The zero-order chi connectivity index (χ0) is 13.7. The maximum atomic E-state index is 11.9. The van der Waals surface area contributed by atoms with Crippen LogP contribution in [-0.4, -0.2) is 18.2 Å². The third-order valence-corrected chi connectivity index (χ3v) is 2.75. The molecule has 1 heterocycles. The Morgan fingerprint density at radius 3 is 2.79 bits per heavy atom. The Labute approximate surface area is 115 Å². The number of benzene rings is 1. The SMILES string of the molecule is COCc1cc(C(=O)Nc2ccc(CCl)cc2)no1. The van der Waals surface area contributed by atoms with Crippen LogP contribution in [0, 0.1) is 0 Å². The summed E-state index contributed by atoms with van der Waals surface area (Å²) >= 11 is 5.69. The largest absolute Gasteiger partial charge is 0.377 e. The van der Waals surface area contributed by atoms with Gasteiger partial charge in [-0.2, -0.15) is 0 Å². The summed E-state index contributed by atoms with van der Waals surface area (Å²) in [5, 5.41) is 6.40. The van der Waals surface area contributed by atoms with Crippen LogP contribution in [0.3, 0.4) is 0 Å². The van der Waals surface area contributed by atoms with E-state index < -0.39 is 0 Å². The van der Waals surface area contributed by atoms with Crippen LogP contribution in [-0.2, 0) is 17.2 Å². The summed E-state index contributed by atoms with van der Waals surface area (Å²) in [4.78, 5) is 11.9. The second-order valence-electron chi connectivity index (χ2n) is 3.90. The number of rotatable bonds is 5. The second-order valence-corrected chi connectivity index (χ2v) is 4.16. The molecule has 0 bridgehead atoms. The quantitative estimate of drug-likeness (QED) is 0.856. The Kier molecular flexibility index (Phi) is 4.54. The van der Waals surface area contributed by atoms with Crippen LogP contribution in [0.2, 0.25) is 0 Å². The highest BCUT2D eigenvalue weighted by atomic mass is 35.5. The van der Waals surface area contributed by atoms with Crippen molar-refractivity contribution in [3.05, 3.63) is 47.3 Å². The van der Waals surface area contributed by atoms with E-state index in [2.05, 4.69) is 10.5 Å². The van der Waals surface area contributed by atoms with E-state index in [1.54, 1.807) is 25.3 Å². The molecule has 1 aromatic carbocycles. The smallest absolute Gasteiger partial charge is 0.277 e. The number of nitrogens with zero attached hydrogens (tertiary/aromatic N) is 1. The first-order valence-electron chi connectivity index (χ1n) is 5.63. The molecular weight excluding hydrogens is 268 g/mol. The fraction of sp³-hybridized carbons (Fsp3) is 0.231. The van der Waals surface area contributed by atoms with Gasteiger partial charge in [0.2, 0.25) is 0 Å². The molecule has 0 atom stereocenters. The molecule has 19 heavy (non-hydrogen) atoms. The number of halogens is 1. The minimum absolute atomic E-state index is 0.216. The van der Waals surface area contributed by atoms with E-state index in [0.717, 1.165) is 5.56 Å². The van der Waals surface area contributed by atoms with Gasteiger partial charge in [0.15, 0.2) is 11.5 Å². The Balaban J connectivity index is 2.02. The second kappa shape index (κ2) is 6.36. The summed E-state index contributed by atoms with van der Waals surface area (Å²) in [7, 11) is 1.54. The minimum Gasteiger partial charge on any atom is -0.377 e. The highest BCUT2D eigenvalue weighted by molar-refractivity contribution is 6.17. The van der Waals surface area contributed by atoms with E-state index in [0.29, 0.717) is 17.3 Å². The summed E-state index contributed by atoms with van der Waals surface area (Å²) in [6.07, 6.45) is 0. The van der Waals surface area contributed by atoms with Gasteiger partial charge in [0.1, 0.15) is 6.61 Å². The summed E-state index contributed by atoms with van der Waals surface area (Å²) in [6.45, 7) is 0.282. The van der Waals surface area contributed by atoms with Gasteiger partial charge < -0.3 is 14.6 Å². The number of methoxy groups -OCH3 is 1. The molecule has 0 spiro atoms. The van der Waals surface area contributed by atoms with Gasteiger partial charge in [-0.15, -0.1) is 11.6 Å². The summed E-state index contributed by atoms with van der Waals surface area (Å²) < 4.78 is 9.83. The fourth-order valence-corrected chi connectivity index (χ4v) is 1.68. The van der Waals surface area contributed by atoms with Crippen LogP contribution < -0.4 is 5.32 Å². The molecule has 100 valence electrons. The van der Waals surface area contributed by atoms with Crippen molar-refractivity contribution in [2.75, 3.05) is 12.4 Å². The van der Waals surface area contributed by atoms with E-state index in [1.165, 1.54) is 0 Å². The molecule has 0 aliphatic rings. The number of hydrogen-bond acceptors (Lipinski definition) is 4. The first-order chi connectivity index (χ1) is 9.22. The number of carbonyl (C=O) groups excluding carboxylic acids is 1. The highest BCUT2D eigenvalue weighted by Gasteiger charge is 2.12. The van der Waals surface area contributed by atoms with Crippen molar-refractivity contribution in [3.8, 4) is 0 Å². The number of nitrogens with one attached hydrogen (secondary N) is 1. The van der Waals surface area contributed by atoms with Gasteiger partial charge in [0, 0.05) is 24.7 Å². The number of carbonyl (C=O) groups is 1. The molecule has 5 nitrogen and oxygen atoms in total. The average Bonchev–Trinajstić information content (AvgIpc) is 2.89. The maximum absolute atomic E-state index is 11.9. The van der Waals surface area contributed by atoms with Crippen molar-refractivity contribution in [2.24, 2.45) is 0 Å². The lowest BCUT2D eigenvalue weighted by Gasteiger charge is -2.03. The van der Waals surface area contributed by atoms with Crippen molar-refractivity contribution < 1.29 is 14.1 Å². The van der Waals surface area contributed by atoms with E-state index in [9.17, 15) is 4.79 Å². The van der Waals surface area contributed by atoms with Gasteiger partial charge >= 0.3 is 0 Å². The van der Waals surface area contributed by atoms with Crippen molar-refractivity contribution in [1.29, 1.82) is 0 Å². The van der Waals surface area contributed by atoms with Crippen molar-refractivity contribution in [3.63, 3.8) is 0 Å². The highest BCUT2D eigenvalue weighted by Crippen LogP contribution is 2.13. The number of anilines is 1. The predicted octanol–water partition coefficient (Wildman–Crippen LogP) is 2.81. The molecule has 1 aromatic heterocycles. The topological polar surface area (TPSA) is 64.4 Å². The molecule has 2 rings (SSSR count). The zero-order valence-corrected chi connectivity index (χ0v) is 11.1. The van der Waals surface area contributed by atoms with E-state index in [-0.39, 0.29) is 18.2 Å². The van der Waals surface area contributed by atoms with Crippen molar-refractivity contribution in [2.45, 2.75) is 12.5 Å². The maximum Gasteiger partial charge on any atom is 0.277 e. The third-order valence-electron chi connectivity index (χ3n) is 2.44. The monoisotopic (exact) mass is 280 g/mol. The van der Waals surface area contributed by atoms with E-state index in [1.807, 2.05) is 12.1 Å². The van der Waals surface area contributed by atoms with Crippen LogP contribution >= 0.6 is 11.6 Å². The van der Waals surface area contributed by atoms with Crippen LogP contribution in [0.5, 0.6) is 0 Å². The molecule has 6 heteroatoms. The van der Waals surface area contributed by atoms with Crippen LogP contribution in [0.25, 0.3) is 0 Å². The lowest BCUT2D eigenvalue weighted by atomic mass is 10.2. The summed E-state index contributed by atoms with van der Waals surface area (Å²) in [5.74, 6) is 0.618. The lowest BCUT2D eigenvalue weighted by molar-refractivity contribution is 0.101. The molecule has 0 aliphatic carbocycles. The van der Waals surface area contributed by atoms with Crippen LogP contribution in [0.15, 0.2) is 34.9 Å². The molecule has 0 unspecified atom stereocenters. The van der Waals surface area contributed by atoms with E-state index >= 15 is 0 Å². The third kappa shape index (κ3) is 3.56. The lowest BCUT2D eigenvalue weighted by Crippen LogP contribution is -2.12. The minimum atomic E-state index is -0.329. The number of hydrogen-bond donors (Lipinski definition) is 1. The van der Waals surface area contributed by atoms with Crippen molar-refractivity contribution in [1.82, 2.24) is 5.16 Å². The average molecular weight is 281 g/mol. The predicted molar refractivity (Wildman–Crippen MR) is 71.2 cm³/mol. The van der Waals surface area contributed by atoms with Crippen LogP contribution in [0.4, 0.5) is 5.69 Å².